The first-order valence-corrected chi connectivity index (χ1v) is 10.9. The Morgan fingerprint density at radius 1 is 1.14 bits per heavy atom. The Kier molecular flexibility index (Phi) is 5.27. The highest BCUT2D eigenvalue weighted by Gasteiger charge is 2.15. The summed E-state index contributed by atoms with van der Waals surface area (Å²) in [5.74, 6) is 0.0930. The molecule has 0 saturated carbocycles. The zero-order valence-corrected chi connectivity index (χ0v) is 17.5. The van der Waals surface area contributed by atoms with Crippen LogP contribution in [0.15, 0.2) is 29.4 Å². The van der Waals surface area contributed by atoms with Gasteiger partial charge in [-0.3, -0.25) is 14.5 Å². The van der Waals surface area contributed by atoms with Crippen LogP contribution in [-0.2, 0) is 17.6 Å². The number of anilines is 1. The molecule has 0 bridgehead atoms. The molecule has 0 aliphatic heterocycles. The minimum Gasteiger partial charge on any atom is -0.300 e. The number of benzene rings is 1. The Labute approximate surface area is 170 Å². The van der Waals surface area contributed by atoms with Crippen LogP contribution in [0.1, 0.15) is 30.0 Å². The topological polar surface area (TPSA) is 85.1 Å². The number of carbonyl (C=O) groups excluding carboxylic acids is 1. The number of aromatic nitrogens is 5. The number of nitrogens with zero attached hydrogens (tertiary/aromatic N) is 5. The van der Waals surface area contributed by atoms with E-state index in [2.05, 4.69) is 56.9 Å². The van der Waals surface area contributed by atoms with Gasteiger partial charge in [-0.15, -0.1) is 20.4 Å². The van der Waals surface area contributed by atoms with Gasteiger partial charge in [0, 0.05) is 0 Å². The van der Waals surface area contributed by atoms with Crippen LogP contribution in [0.2, 0.25) is 0 Å². The Bertz CT molecular complexity index is 1170. The molecule has 1 N–H and O–H groups in total. The number of nitrogens with one attached hydrogen (secondary N) is 1. The van der Waals surface area contributed by atoms with E-state index in [1.165, 1.54) is 28.7 Å². The minimum atomic E-state index is -0.134. The predicted molar refractivity (Wildman–Crippen MR) is 113 cm³/mol. The highest BCUT2D eigenvalue weighted by Crippen LogP contribution is 2.26. The molecule has 0 aliphatic carbocycles. The number of hydrogen-bond donors (Lipinski definition) is 1. The second-order valence-electron chi connectivity index (χ2n) is 6.41. The van der Waals surface area contributed by atoms with Crippen LogP contribution < -0.4 is 5.32 Å². The lowest BCUT2D eigenvalue weighted by Gasteiger charge is -2.08. The third kappa shape index (κ3) is 3.59. The number of thioether (sulfide) groups is 1. The van der Waals surface area contributed by atoms with Crippen LogP contribution >= 0.6 is 23.1 Å². The maximum Gasteiger partial charge on any atom is 0.236 e. The second-order valence-corrected chi connectivity index (χ2v) is 8.41. The lowest BCUT2D eigenvalue weighted by Crippen LogP contribution is -2.14. The van der Waals surface area contributed by atoms with E-state index in [9.17, 15) is 4.79 Å². The first-order valence-electron chi connectivity index (χ1n) is 9.11. The molecular weight excluding hydrogens is 392 g/mol. The number of pyridine rings is 1. The summed E-state index contributed by atoms with van der Waals surface area (Å²) in [6.45, 7) is 6.19. The fourth-order valence-corrected chi connectivity index (χ4v) is 4.45. The molecule has 0 spiro atoms. The average molecular weight is 413 g/mol. The van der Waals surface area contributed by atoms with Gasteiger partial charge in [0.05, 0.1) is 11.3 Å². The van der Waals surface area contributed by atoms with Gasteiger partial charge in [-0.05, 0) is 54.5 Å². The molecule has 4 aromatic rings. The first kappa shape index (κ1) is 18.8. The standard InChI is InChI=1S/C19H20N6OS2/c1-4-12-6-7-14-13(9-12)8-11(3)17-22-24-19(25(14)17)27-10-15(26)20-18-23-21-16(5-2)28-18/h6-9H,4-5,10H2,1-3H3,(H,20,23,26). The fourth-order valence-electron chi connectivity index (χ4n) is 3.01. The molecule has 0 saturated heterocycles. The summed E-state index contributed by atoms with van der Waals surface area (Å²) in [5.41, 5.74) is 4.21. The van der Waals surface area contributed by atoms with E-state index in [4.69, 9.17) is 0 Å². The van der Waals surface area contributed by atoms with Crippen molar-refractivity contribution in [1.29, 1.82) is 0 Å². The van der Waals surface area contributed by atoms with E-state index >= 15 is 0 Å². The fraction of sp³-hybridized carbons (Fsp3) is 0.316. The summed E-state index contributed by atoms with van der Waals surface area (Å²) in [6, 6.07) is 8.56. The van der Waals surface area contributed by atoms with Crippen LogP contribution in [-0.4, -0.2) is 36.5 Å². The molecule has 0 aliphatic rings. The smallest absolute Gasteiger partial charge is 0.236 e. The third-order valence-corrected chi connectivity index (χ3v) is 6.36. The van der Waals surface area contributed by atoms with Crippen LogP contribution in [0.5, 0.6) is 0 Å². The van der Waals surface area contributed by atoms with Crippen molar-refractivity contribution in [2.45, 2.75) is 38.8 Å². The van der Waals surface area contributed by atoms with Crippen molar-refractivity contribution < 1.29 is 4.79 Å². The monoisotopic (exact) mass is 412 g/mol. The quantitative estimate of drug-likeness (QED) is 0.484. The van der Waals surface area contributed by atoms with Gasteiger partial charge < -0.3 is 0 Å². The zero-order valence-electron chi connectivity index (χ0n) is 15.9. The number of rotatable bonds is 6. The molecule has 0 unspecified atom stereocenters. The number of fused-ring (bicyclic) bond motifs is 3. The number of aryl methyl sites for hydroxylation is 3. The van der Waals surface area contributed by atoms with Gasteiger partial charge in [-0.2, -0.15) is 0 Å². The zero-order chi connectivity index (χ0) is 19.7. The van der Waals surface area contributed by atoms with E-state index in [0.717, 1.165) is 40.0 Å². The Morgan fingerprint density at radius 3 is 2.75 bits per heavy atom. The summed E-state index contributed by atoms with van der Waals surface area (Å²) in [4.78, 5) is 12.3. The van der Waals surface area contributed by atoms with Crippen LogP contribution in [0.3, 0.4) is 0 Å². The molecule has 0 atom stereocenters. The summed E-state index contributed by atoms with van der Waals surface area (Å²) in [7, 11) is 0. The number of amides is 1. The minimum absolute atomic E-state index is 0.134. The molecule has 1 amide bonds. The molecule has 9 heteroatoms. The third-order valence-electron chi connectivity index (χ3n) is 4.45. The highest BCUT2D eigenvalue weighted by molar-refractivity contribution is 7.99. The van der Waals surface area contributed by atoms with Crippen LogP contribution in [0.25, 0.3) is 16.6 Å². The molecular formula is C19H20N6OS2. The lowest BCUT2D eigenvalue weighted by atomic mass is 10.1. The van der Waals surface area contributed by atoms with Crippen molar-refractivity contribution in [3.05, 3.63) is 40.4 Å². The SMILES string of the molecule is CCc1ccc2c(c1)cc(C)c1nnc(SCC(=O)Nc3nnc(CC)s3)n12. The Balaban J connectivity index is 1.59. The predicted octanol–water partition coefficient (Wildman–Crippen LogP) is 3.90. The highest BCUT2D eigenvalue weighted by atomic mass is 32.2. The molecule has 0 radical (unpaired) electrons. The first-order chi connectivity index (χ1) is 13.6. The summed E-state index contributed by atoms with van der Waals surface area (Å²) >= 11 is 2.76. The summed E-state index contributed by atoms with van der Waals surface area (Å²) in [6.07, 6.45) is 1.79. The Hall–Kier alpha value is -2.52. The van der Waals surface area contributed by atoms with Gasteiger partial charge in [0.2, 0.25) is 11.0 Å². The average Bonchev–Trinajstić information content (AvgIpc) is 3.33. The molecule has 7 nitrogen and oxygen atoms in total. The summed E-state index contributed by atoms with van der Waals surface area (Å²) < 4.78 is 2.03. The van der Waals surface area contributed by atoms with Crippen LogP contribution in [0, 0.1) is 6.92 Å². The maximum absolute atomic E-state index is 12.3. The van der Waals surface area contributed by atoms with Crippen LogP contribution in [0.4, 0.5) is 5.13 Å². The van der Waals surface area contributed by atoms with Crippen molar-refractivity contribution in [3.63, 3.8) is 0 Å². The number of hydrogen-bond acceptors (Lipinski definition) is 7. The molecule has 28 heavy (non-hydrogen) atoms. The van der Waals surface area contributed by atoms with Crippen molar-refractivity contribution in [1.82, 2.24) is 24.8 Å². The lowest BCUT2D eigenvalue weighted by molar-refractivity contribution is -0.113. The van der Waals surface area contributed by atoms with Crippen molar-refractivity contribution in [3.8, 4) is 0 Å². The van der Waals surface area contributed by atoms with E-state index in [0.29, 0.717) is 10.3 Å². The molecule has 3 aromatic heterocycles. The van der Waals surface area contributed by atoms with Gasteiger partial charge in [-0.1, -0.05) is 43.0 Å². The molecule has 144 valence electrons. The Morgan fingerprint density at radius 2 is 2.00 bits per heavy atom. The van der Waals surface area contributed by atoms with E-state index in [1.807, 2.05) is 18.2 Å². The van der Waals surface area contributed by atoms with Crippen molar-refractivity contribution >= 4 is 50.7 Å². The van der Waals surface area contributed by atoms with Gasteiger partial charge in [0.25, 0.3) is 0 Å². The van der Waals surface area contributed by atoms with Gasteiger partial charge >= 0.3 is 0 Å². The number of carbonyl (C=O) groups is 1. The molecule has 3 heterocycles. The molecule has 0 fully saturated rings. The summed E-state index contributed by atoms with van der Waals surface area (Å²) in [5, 5.41) is 22.7. The van der Waals surface area contributed by atoms with E-state index in [-0.39, 0.29) is 11.7 Å². The van der Waals surface area contributed by atoms with E-state index < -0.39 is 0 Å². The maximum atomic E-state index is 12.3. The van der Waals surface area contributed by atoms with Gasteiger partial charge in [0.15, 0.2) is 10.8 Å². The molecule has 4 rings (SSSR count). The molecule has 1 aromatic carbocycles. The largest absolute Gasteiger partial charge is 0.300 e. The van der Waals surface area contributed by atoms with Gasteiger partial charge in [-0.25, -0.2) is 0 Å². The normalized spacial score (nSPS) is 11.4. The van der Waals surface area contributed by atoms with Crippen molar-refractivity contribution in [2.75, 3.05) is 11.1 Å². The van der Waals surface area contributed by atoms with E-state index in [1.54, 1.807) is 0 Å². The van der Waals surface area contributed by atoms with Crippen molar-refractivity contribution in [2.24, 2.45) is 0 Å². The van der Waals surface area contributed by atoms with Gasteiger partial charge in [0.1, 0.15) is 5.01 Å². The second kappa shape index (κ2) is 7.84.